The van der Waals surface area contributed by atoms with Gasteiger partial charge in [0.15, 0.2) is 6.61 Å². The molecule has 0 saturated carbocycles. The summed E-state index contributed by atoms with van der Waals surface area (Å²) in [4.78, 5) is 26.4. The number of carbonyl (C=O) groups excluding carboxylic acids is 2. The summed E-state index contributed by atoms with van der Waals surface area (Å²) in [5, 5.41) is 17.8. The highest BCUT2D eigenvalue weighted by molar-refractivity contribution is 6.00. The van der Waals surface area contributed by atoms with E-state index in [1.807, 2.05) is 49.4 Å². The number of phenolic OH excluding ortho intramolecular Hbond substituents is 1. The van der Waals surface area contributed by atoms with E-state index in [4.69, 9.17) is 10.5 Å². The van der Waals surface area contributed by atoms with Crippen molar-refractivity contribution in [3.8, 4) is 22.8 Å². The Bertz CT molecular complexity index is 1390. The number of ether oxygens (including phenoxy) is 1. The van der Waals surface area contributed by atoms with Crippen LogP contribution in [-0.2, 0) is 11.3 Å². The molecule has 0 saturated heterocycles. The number of aromatic amines is 1. The standard InChI is InChI=1S/C27H24N4O4/c1-16-6-8-17(9-7-16)14-31-26(18-10-12-19(13-11-18)35-15-22(28)33)23-24(29-30-25(23)27(31)34)20-4-2-3-5-21(20)32/h2-13,26,32H,14-15H2,1H3,(H2,28,33)(H,29,30). The SMILES string of the molecule is Cc1ccc(CN2C(=O)c3[nH]nc(-c4ccccc4O)c3C2c2ccc(OCC(N)=O)cc2)cc1. The second-order valence-corrected chi connectivity index (χ2v) is 8.52. The Morgan fingerprint density at radius 1 is 1.09 bits per heavy atom. The van der Waals surface area contributed by atoms with Crippen LogP contribution < -0.4 is 10.5 Å². The number of para-hydroxylation sites is 1. The van der Waals surface area contributed by atoms with E-state index in [0.29, 0.717) is 34.8 Å². The van der Waals surface area contributed by atoms with Crippen molar-refractivity contribution < 1.29 is 19.4 Å². The first-order valence-electron chi connectivity index (χ1n) is 11.2. The van der Waals surface area contributed by atoms with Gasteiger partial charge in [0.05, 0.1) is 6.04 Å². The Hall–Kier alpha value is -4.59. The molecule has 1 unspecified atom stereocenters. The molecule has 35 heavy (non-hydrogen) atoms. The zero-order chi connectivity index (χ0) is 24.5. The van der Waals surface area contributed by atoms with Crippen molar-refractivity contribution in [1.29, 1.82) is 0 Å². The molecule has 2 amide bonds. The van der Waals surface area contributed by atoms with Crippen LogP contribution in [0.5, 0.6) is 11.5 Å². The number of fused-ring (bicyclic) bond motifs is 1. The summed E-state index contributed by atoms with van der Waals surface area (Å²) in [6.45, 7) is 2.20. The molecule has 1 aromatic heterocycles. The molecule has 176 valence electrons. The van der Waals surface area contributed by atoms with Crippen molar-refractivity contribution in [3.05, 3.63) is 101 Å². The molecule has 5 rings (SSSR count). The van der Waals surface area contributed by atoms with Crippen LogP contribution >= 0.6 is 0 Å². The van der Waals surface area contributed by atoms with Crippen LogP contribution in [0.2, 0.25) is 0 Å². The van der Waals surface area contributed by atoms with Gasteiger partial charge < -0.3 is 20.5 Å². The number of H-pyrrole nitrogens is 1. The first-order valence-corrected chi connectivity index (χ1v) is 11.2. The fourth-order valence-electron chi connectivity index (χ4n) is 4.38. The topological polar surface area (TPSA) is 122 Å². The predicted molar refractivity (Wildman–Crippen MR) is 130 cm³/mol. The number of primary amides is 1. The zero-order valence-corrected chi connectivity index (χ0v) is 19.1. The van der Waals surface area contributed by atoms with Gasteiger partial charge in [0.2, 0.25) is 0 Å². The minimum Gasteiger partial charge on any atom is -0.507 e. The van der Waals surface area contributed by atoms with Gasteiger partial charge in [0.1, 0.15) is 22.9 Å². The lowest BCUT2D eigenvalue weighted by Gasteiger charge is -2.27. The normalized spacial score (nSPS) is 14.7. The van der Waals surface area contributed by atoms with Gasteiger partial charge in [-0.1, -0.05) is 54.1 Å². The van der Waals surface area contributed by atoms with Gasteiger partial charge in [-0.15, -0.1) is 0 Å². The summed E-state index contributed by atoms with van der Waals surface area (Å²) in [5.74, 6) is -0.153. The average Bonchev–Trinajstić information content (AvgIpc) is 3.39. The number of nitrogens with one attached hydrogen (secondary N) is 1. The van der Waals surface area contributed by atoms with Gasteiger partial charge in [-0.25, -0.2) is 0 Å². The van der Waals surface area contributed by atoms with Crippen LogP contribution in [0.1, 0.15) is 38.8 Å². The molecule has 2 heterocycles. The van der Waals surface area contributed by atoms with E-state index in [-0.39, 0.29) is 18.3 Å². The van der Waals surface area contributed by atoms with Crippen LogP contribution in [0.4, 0.5) is 0 Å². The Kier molecular flexibility index (Phi) is 5.70. The van der Waals surface area contributed by atoms with Crippen molar-refractivity contribution >= 4 is 11.8 Å². The summed E-state index contributed by atoms with van der Waals surface area (Å²) in [7, 11) is 0. The summed E-state index contributed by atoms with van der Waals surface area (Å²) >= 11 is 0. The molecule has 4 N–H and O–H groups in total. The fourth-order valence-corrected chi connectivity index (χ4v) is 4.38. The molecule has 8 heteroatoms. The molecule has 0 spiro atoms. The van der Waals surface area contributed by atoms with Gasteiger partial charge >= 0.3 is 0 Å². The summed E-state index contributed by atoms with van der Waals surface area (Å²) in [5.41, 5.74) is 10.3. The maximum absolute atomic E-state index is 13.5. The number of carbonyl (C=O) groups is 2. The van der Waals surface area contributed by atoms with E-state index >= 15 is 0 Å². The smallest absolute Gasteiger partial charge is 0.273 e. The Morgan fingerprint density at radius 3 is 2.49 bits per heavy atom. The van der Waals surface area contributed by atoms with Gasteiger partial charge in [-0.05, 0) is 42.3 Å². The molecule has 4 aromatic rings. The molecular weight excluding hydrogens is 444 g/mol. The average molecular weight is 469 g/mol. The summed E-state index contributed by atoms with van der Waals surface area (Å²) < 4.78 is 5.40. The van der Waals surface area contributed by atoms with E-state index in [1.165, 1.54) is 0 Å². The number of aromatic hydroxyl groups is 1. The van der Waals surface area contributed by atoms with Crippen LogP contribution in [-0.4, -0.2) is 38.6 Å². The molecule has 1 aliphatic rings. The number of aromatic nitrogens is 2. The molecular formula is C27H24N4O4. The number of phenols is 1. The van der Waals surface area contributed by atoms with Gasteiger partial charge in [0.25, 0.3) is 11.8 Å². The number of rotatable bonds is 7. The van der Waals surface area contributed by atoms with Crippen molar-refractivity contribution in [2.45, 2.75) is 19.5 Å². The summed E-state index contributed by atoms with van der Waals surface area (Å²) in [6.07, 6.45) is 0. The lowest BCUT2D eigenvalue weighted by molar-refractivity contribution is -0.119. The second-order valence-electron chi connectivity index (χ2n) is 8.52. The van der Waals surface area contributed by atoms with Gasteiger partial charge in [0, 0.05) is 17.7 Å². The van der Waals surface area contributed by atoms with Crippen LogP contribution in [0.15, 0.2) is 72.8 Å². The molecule has 1 aliphatic heterocycles. The number of nitrogens with zero attached hydrogens (tertiary/aromatic N) is 2. The molecule has 0 bridgehead atoms. The highest BCUT2D eigenvalue weighted by Crippen LogP contribution is 2.45. The lowest BCUT2D eigenvalue weighted by atomic mass is 9.95. The maximum Gasteiger partial charge on any atom is 0.273 e. The van der Waals surface area contributed by atoms with E-state index in [9.17, 15) is 14.7 Å². The third kappa shape index (κ3) is 4.21. The number of hydrogen-bond acceptors (Lipinski definition) is 5. The van der Waals surface area contributed by atoms with E-state index < -0.39 is 11.9 Å². The molecule has 0 radical (unpaired) electrons. The number of benzene rings is 3. The van der Waals surface area contributed by atoms with E-state index in [2.05, 4.69) is 10.2 Å². The second kappa shape index (κ2) is 8.98. The molecule has 3 aromatic carbocycles. The third-order valence-electron chi connectivity index (χ3n) is 6.07. The highest BCUT2D eigenvalue weighted by atomic mass is 16.5. The number of amides is 2. The highest BCUT2D eigenvalue weighted by Gasteiger charge is 2.42. The third-order valence-corrected chi connectivity index (χ3v) is 6.07. The molecule has 0 aliphatic carbocycles. The molecule has 8 nitrogen and oxygen atoms in total. The van der Waals surface area contributed by atoms with Crippen LogP contribution in [0.25, 0.3) is 11.3 Å². The lowest BCUT2D eigenvalue weighted by Crippen LogP contribution is -2.29. The number of aryl methyl sites for hydroxylation is 1. The number of nitrogens with two attached hydrogens (primary N) is 1. The van der Waals surface area contributed by atoms with Crippen molar-refractivity contribution in [1.82, 2.24) is 15.1 Å². The van der Waals surface area contributed by atoms with Gasteiger partial charge in [-0.2, -0.15) is 5.10 Å². The maximum atomic E-state index is 13.5. The van der Waals surface area contributed by atoms with E-state index in [1.54, 1.807) is 35.2 Å². The van der Waals surface area contributed by atoms with E-state index in [0.717, 1.165) is 16.7 Å². The van der Waals surface area contributed by atoms with Crippen LogP contribution in [0.3, 0.4) is 0 Å². The monoisotopic (exact) mass is 468 g/mol. The van der Waals surface area contributed by atoms with Crippen LogP contribution in [0, 0.1) is 6.92 Å². The fraction of sp³-hybridized carbons (Fsp3) is 0.148. The van der Waals surface area contributed by atoms with Crippen molar-refractivity contribution in [3.63, 3.8) is 0 Å². The predicted octanol–water partition coefficient (Wildman–Crippen LogP) is 3.70. The van der Waals surface area contributed by atoms with Crippen molar-refractivity contribution in [2.24, 2.45) is 5.73 Å². The van der Waals surface area contributed by atoms with Crippen molar-refractivity contribution in [2.75, 3.05) is 6.61 Å². The Morgan fingerprint density at radius 2 is 1.80 bits per heavy atom. The zero-order valence-electron chi connectivity index (χ0n) is 19.1. The van der Waals surface area contributed by atoms with Gasteiger partial charge in [-0.3, -0.25) is 14.7 Å². The summed E-state index contributed by atoms with van der Waals surface area (Å²) in [6, 6.07) is 21.7. The minimum absolute atomic E-state index is 0.0835. The largest absolute Gasteiger partial charge is 0.507 e. The molecule has 1 atom stereocenters. The minimum atomic E-state index is -0.560. The Balaban J connectivity index is 1.58. The molecule has 0 fully saturated rings. The number of hydrogen-bond donors (Lipinski definition) is 3. The Labute approximate surface area is 202 Å². The quantitative estimate of drug-likeness (QED) is 0.382. The first kappa shape index (κ1) is 22.2. The first-order chi connectivity index (χ1) is 16.9.